The van der Waals surface area contributed by atoms with Crippen molar-refractivity contribution in [2.45, 2.75) is 39.2 Å². The molecule has 1 fully saturated rings. The van der Waals surface area contributed by atoms with Crippen LogP contribution in [0.1, 0.15) is 31.7 Å². The summed E-state index contributed by atoms with van der Waals surface area (Å²) in [6.45, 7) is 5.96. The number of sulfonamides is 1. The molecule has 1 saturated heterocycles. The smallest absolute Gasteiger partial charge is 0.217 e. The molecule has 0 aliphatic carbocycles. The third-order valence-corrected chi connectivity index (χ3v) is 5.72. The molecule has 1 aromatic carbocycles. The molecule has 0 bridgehead atoms. The minimum atomic E-state index is -3.29. The van der Waals surface area contributed by atoms with Gasteiger partial charge in [0.05, 0.1) is 11.9 Å². The molecule has 0 amide bonds. The lowest BCUT2D eigenvalue weighted by atomic mass is 10.1. The maximum atomic E-state index is 12.4. The van der Waals surface area contributed by atoms with Gasteiger partial charge in [-0.1, -0.05) is 24.6 Å². The first kappa shape index (κ1) is 18.2. The standard InChI is InChI=1S/C17H27NO4S/c1-3-11-21-17-5-4-10-18(14-17)23(19,20)13-12-22-16-8-6-15(2)7-9-16/h6-9,17H,3-5,10-14H2,1-2H3. The zero-order valence-corrected chi connectivity index (χ0v) is 14.8. The van der Waals surface area contributed by atoms with Gasteiger partial charge >= 0.3 is 0 Å². The Kier molecular flexibility index (Phi) is 6.87. The lowest BCUT2D eigenvalue weighted by Gasteiger charge is -2.31. The molecule has 1 heterocycles. The number of aryl methyl sites for hydroxylation is 1. The summed E-state index contributed by atoms with van der Waals surface area (Å²) >= 11 is 0. The number of hydrogen-bond donors (Lipinski definition) is 0. The average molecular weight is 341 g/mol. The Bertz CT molecular complexity index is 571. The molecule has 0 spiro atoms. The highest BCUT2D eigenvalue weighted by Gasteiger charge is 2.29. The van der Waals surface area contributed by atoms with Gasteiger partial charge in [-0.15, -0.1) is 0 Å². The first-order valence-corrected chi connectivity index (χ1v) is 9.91. The molecule has 130 valence electrons. The van der Waals surface area contributed by atoms with Crippen molar-refractivity contribution in [1.82, 2.24) is 4.31 Å². The molecular weight excluding hydrogens is 314 g/mol. The molecule has 1 atom stereocenters. The predicted octanol–water partition coefficient (Wildman–Crippen LogP) is 2.59. The van der Waals surface area contributed by atoms with Gasteiger partial charge in [-0.3, -0.25) is 0 Å². The van der Waals surface area contributed by atoms with Crippen LogP contribution in [-0.2, 0) is 14.8 Å². The Balaban J connectivity index is 1.82. The summed E-state index contributed by atoms with van der Waals surface area (Å²) in [5.74, 6) is 0.704. The SMILES string of the molecule is CCCOC1CCCN(S(=O)(=O)CCOc2ccc(C)cc2)C1. The third kappa shape index (κ3) is 5.79. The highest BCUT2D eigenvalue weighted by molar-refractivity contribution is 7.89. The zero-order valence-electron chi connectivity index (χ0n) is 14.0. The number of ether oxygens (including phenoxy) is 2. The van der Waals surface area contributed by atoms with Crippen molar-refractivity contribution in [2.24, 2.45) is 0 Å². The Morgan fingerprint density at radius 2 is 1.96 bits per heavy atom. The van der Waals surface area contributed by atoms with Gasteiger partial charge in [-0.05, 0) is 38.3 Å². The fourth-order valence-electron chi connectivity index (χ4n) is 2.61. The molecule has 6 heteroatoms. The Hall–Kier alpha value is -1.11. The molecule has 0 radical (unpaired) electrons. The lowest BCUT2D eigenvalue weighted by Crippen LogP contribution is -2.44. The fraction of sp³-hybridized carbons (Fsp3) is 0.647. The summed E-state index contributed by atoms with van der Waals surface area (Å²) in [4.78, 5) is 0. The molecule has 1 aliphatic rings. The quantitative estimate of drug-likeness (QED) is 0.729. The maximum Gasteiger partial charge on any atom is 0.217 e. The second kappa shape index (κ2) is 8.66. The van der Waals surface area contributed by atoms with E-state index in [2.05, 4.69) is 6.92 Å². The van der Waals surface area contributed by atoms with E-state index in [1.54, 1.807) is 4.31 Å². The summed E-state index contributed by atoms with van der Waals surface area (Å²) in [6.07, 6.45) is 2.77. The van der Waals surface area contributed by atoms with E-state index >= 15 is 0 Å². The summed E-state index contributed by atoms with van der Waals surface area (Å²) in [7, 11) is -3.29. The molecule has 0 N–H and O–H groups in total. The molecular formula is C17H27NO4S. The van der Waals surface area contributed by atoms with Gasteiger partial charge in [-0.2, -0.15) is 4.31 Å². The van der Waals surface area contributed by atoms with Gasteiger partial charge < -0.3 is 9.47 Å². The van der Waals surface area contributed by atoms with E-state index in [9.17, 15) is 8.42 Å². The first-order chi connectivity index (χ1) is 11.0. The van der Waals surface area contributed by atoms with Crippen molar-refractivity contribution in [3.05, 3.63) is 29.8 Å². The molecule has 0 saturated carbocycles. The summed E-state index contributed by atoms with van der Waals surface area (Å²) in [5, 5.41) is 0. The van der Waals surface area contributed by atoms with E-state index in [0.29, 0.717) is 25.4 Å². The Morgan fingerprint density at radius 1 is 1.22 bits per heavy atom. The molecule has 23 heavy (non-hydrogen) atoms. The molecule has 1 aliphatic heterocycles. The van der Waals surface area contributed by atoms with Gasteiger partial charge in [0.25, 0.3) is 0 Å². The van der Waals surface area contributed by atoms with Crippen LogP contribution in [0.5, 0.6) is 5.75 Å². The van der Waals surface area contributed by atoms with Crippen molar-refractivity contribution >= 4 is 10.0 Å². The monoisotopic (exact) mass is 341 g/mol. The molecule has 0 aromatic heterocycles. The van der Waals surface area contributed by atoms with Gasteiger partial charge in [0.15, 0.2) is 0 Å². The number of hydrogen-bond acceptors (Lipinski definition) is 4. The minimum absolute atomic E-state index is 0.00136. The number of piperidine rings is 1. The second-order valence-electron chi connectivity index (χ2n) is 5.97. The van der Waals surface area contributed by atoms with Crippen LogP contribution >= 0.6 is 0 Å². The van der Waals surface area contributed by atoms with Crippen LogP contribution in [0.2, 0.25) is 0 Å². The fourth-order valence-corrected chi connectivity index (χ4v) is 3.96. The van der Waals surface area contributed by atoms with Crippen LogP contribution in [0, 0.1) is 6.92 Å². The predicted molar refractivity (Wildman–Crippen MR) is 91.3 cm³/mol. The van der Waals surface area contributed by atoms with Crippen LogP contribution in [0.25, 0.3) is 0 Å². The molecule has 1 aromatic rings. The van der Waals surface area contributed by atoms with Crippen LogP contribution in [0.4, 0.5) is 0 Å². The number of nitrogens with zero attached hydrogens (tertiary/aromatic N) is 1. The third-order valence-electron chi connectivity index (χ3n) is 3.92. The van der Waals surface area contributed by atoms with Crippen LogP contribution in [-0.4, -0.2) is 50.9 Å². The highest BCUT2D eigenvalue weighted by atomic mass is 32.2. The van der Waals surface area contributed by atoms with E-state index < -0.39 is 10.0 Å². The lowest BCUT2D eigenvalue weighted by molar-refractivity contribution is 0.0193. The van der Waals surface area contributed by atoms with Crippen molar-refractivity contribution < 1.29 is 17.9 Å². The molecule has 5 nitrogen and oxygen atoms in total. The maximum absolute atomic E-state index is 12.4. The van der Waals surface area contributed by atoms with Crippen molar-refractivity contribution in [2.75, 3.05) is 32.1 Å². The first-order valence-electron chi connectivity index (χ1n) is 8.30. The molecule has 2 rings (SSSR count). The van der Waals surface area contributed by atoms with Gasteiger partial charge in [0, 0.05) is 19.7 Å². The van der Waals surface area contributed by atoms with Crippen molar-refractivity contribution in [1.29, 1.82) is 0 Å². The van der Waals surface area contributed by atoms with E-state index in [1.807, 2.05) is 31.2 Å². The van der Waals surface area contributed by atoms with Crippen molar-refractivity contribution in [3.63, 3.8) is 0 Å². The van der Waals surface area contributed by atoms with Crippen LogP contribution < -0.4 is 4.74 Å². The molecule has 1 unspecified atom stereocenters. The van der Waals surface area contributed by atoms with Crippen LogP contribution in [0.15, 0.2) is 24.3 Å². The average Bonchev–Trinajstić information content (AvgIpc) is 2.55. The zero-order chi connectivity index (χ0) is 16.7. The Labute approximate surface area is 139 Å². The van der Waals surface area contributed by atoms with E-state index in [0.717, 1.165) is 24.8 Å². The summed E-state index contributed by atoms with van der Waals surface area (Å²) < 4.78 is 37.7. The van der Waals surface area contributed by atoms with Gasteiger partial charge in [0.2, 0.25) is 10.0 Å². The normalized spacial score (nSPS) is 19.7. The number of rotatable bonds is 8. The van der Waals surface area contributed by atoms with Crippen LogP contribution in [0.3, 0.4) is 0 Å². The highest BCUT2D eigenvalue weighted by Crippen LogP contribution is 2.17. The van der Waals surface area contributed by atoms with E-state index in [1.165, 1.54) is 0 Å². The Morgan fingerprint density at radius 3 is 2.65 bits per heavy atom. The summed E-state index contributed by atoms with van der Waals surface area (Å²) in [6, 6.07) is 7.61. The van der Waals surface area contributed by atoms with E-state index in [-0.39, 0.29) is 18.5 Å². The topological polar surface area (TPSA) is 55.8 Å². The summed E-state index contributed by atoms with van der Waals surface area (Å²) in [5.41, 5.74) is 1.15. The largest absolute Gasteiger partial charge is 0.492 e. The minimum Gasteiger partial charge on any atom is -0.492 e. The van der Waals surface area contributed by atoms with Gasteiger partial charge in [-0.25, -0.2) is 8.42 Å². The van der Waals surface area contributed by atoms with E-state index in [4.69, 9.17) is 9.47 Å². The second-order valence-corrected chi connectivity index (χ2v) is 8.06. The number of benzene rings is 1. The van der Waals surface area contributed by atoms with Crippen molar-refractivity contribution in [3.8, 4) is 5.75 Å². The van der Waals surface area contributed by atoms with Gasteiger partial charge in [0.1, 0.15) is 12.4 Å².